The lowest BCUT2D eigenvalue weighted by Gasteiger charge is -2.12. The van der Waals surface area contributed by atoms with Crippen molar-refractivity contribution in [2.75, 3.05) is 6.79 Å². The Balaban J connectivity index is 1.43. The lowest BCUT2D eigenvalue weighted by atomic mass is 10.1. The van der Waals surface area contributed by atoms with Crippen molar-refractivity contribution in [3.05, 3.63) is 59.9 Å². The normalized spacial score (nSPS) is 13.9. The molecule has 0 spiro atoms. The minimum atomic E-state index is -0.142. The minimum absolute atomic E-state index is 0.0523. The summed E-state index contributed by atoms with van der Waals surface area (Å²) in [6, 6.07) is 15.0. The van der Waals surface area contributed by atoms with E-state index in [2.05, 4.69) is 5.32 Å². The van der Waals surface area contributed by atoms with Gasteiger partial charge in [-0.15, -0.1) is 0 Å². The van der Waals surface area contributed by atoms with E-state index in [1.54, 1.807) is 18.2 Å². The molecule has 1 aromatic heterocycles. The summed E-state index contributed by atoms with van der Waals surface area (Å²) in [4.78, 5) is 12.4. The maximum Gasteiger partial charge on any atom is 0.251 e. The zero-order valence-corrected chi connectivity index (χ0v) is 13.2. The average Bonchev–Trinajstić information content (AvgIpc) is 3.19. The Morgan fingerprint density at radius 2 is 1.96 bits per heavy atom. The van der Waals surface area contributed by atoms with Gasteiger partial charge in [-0.3, -0.25) is 4.79 Å². The van der Waals surface area contributed by atoms with E-state index in [0.29, 0.717) is 23.5 Å². The molecule has 0 saturated heterocycles. The fourth-order valence-electron chi connectivity index (χ4n) is 2.84. The Kier molecular flexibility index (Phi) is 3.61. The van der Waals surface area contributed by atoms with Gasteiger partial charge < -0.3 is 19.2 Å². The van der Waals surface area contributed by atoms with Gasteiger partial charge in [0, 0.05) is 23.4 Å². The van der Waals surface area contributed by atoms with E-state index >= 15 is 0 Å². The minimum Gasteiger partial charge on any atom is -0.461 e. The number of fused-ring (bicyclic) bond motifs is 2. The molecule has 0 radical (unpaired) electrons. The van der Waals surface area contributed by atoms with E-state index in [-0.39, 0.29) is 18.7 Å². The third-order valence-electron chi connectivity index (χ3n) is 4.00. The molecule has 1 aliphatic rings. The van der Waals surface area contributed by atoms with Crippen LogP contribution in [0.3, 0.4) is 0 Å². The molecule has 122 valence electrons. The van der Waals surface area contributed by atoms with Crippen molar-refractivity contribution >= 4 is 16.9 Å². The zero-order valence-electron chi connectivity index (χ0n) is 13.2. The Hall–Kier alpha value is -2.95. The third kappa shape index (κ3) is 2.80. The van der Waals surface area contributed by atoms with Crippen LogP contribution in [0.2, 0.25) is 0 Å². The number of amides is 1. The van der Waals surface area contributed by atoms with Gasteiger partial charge in [-0.1, -0.05) is 18.2 Å². The molecule has 5 heteroatoms. The molecule has 3 aromatic rings. The molecule has 5 nitrogen and oxygen atoms in total. The van der Waals surface area contributed by atoms with Gasteiger partial charge in [0.15, 0.2) is 11.5 Å². The van der Waals surface area contributed by atoms with Crippen LogP contribution >= 0.6 is 0 Å². The first kappa shape index (κ1) is 14.6. The number of benzene rings is 2. The summed E-state index contributed by atoms with van der Waals surface area (Å²) in [7, 11) is 0. The first-order chi connectivity index (χ1) is 11.7. The molecule has 0 aliphatic carbocycles. The zero-order chi connectivity index (χ0) is 16.5. The van der Waals surface area contributed by atoms with Gasteiger partial charge in [-0.25, -0.2) is 0 Å². The van der Waals surface area contributed by atoms with Gasteiger partial charge in [0.2, 0.25) is 6.79 Å². The maximum atomic E-state index is 12.4. The first-order valence-corrected chi connectivity index (χ1v) is 7.87. The largest absolute Gasteiger partial charge is 0.461 e. The van der Waals surface area contributed by atoms with E-state index in [0.717, 1.165) is 16.7 Å². The van der Waals surface area contributed by atoms with Crippen LogP contribution in [-0.4, -0.2) is 18.7 Å². The van der Waals surface area contributed by atoms with Crippen LogP contribution in [0.4, 0.5) is 0 Å². The van der Waals surface area contributed by atoms with Gasteiger partial charge in [0.25, 0.3) is 5.91 Å². The van der Waals surface area contributed by atoms with Gasteiger partial charge in [-0.05, 0) is 37.3 Å². The van der Waals surface area contributed by atoms with Crippen LogP contribution in [-0.2, 0) is 6.42 Å². The van der Waals surface area contributed by atoms with Crippen molar-refractivity contribution < 1.29 is 18.7 Å². The Morgan fingerprint density at radius 1 is 1.12 bits per heavy atom. The van der Waals surface area contributed by atoms with Gasteiger partial charge >= 0.3 is 0 Å². The Bertz CT molecular complexity index is 866. The predicted octanol–water partition coefficient (Wildman–Crippen LogP) is 3.52. The van der Waals surface area contributed by atoms with E-state index < -0.39 is 0 Å². The highest BCUT2D eigenvalue weighted by atomic mass is 16.7. The van der Waals surface area contributed by atoms with Crippen molar-refractivity contribution in [2.24, 2.45) is 0 Å². The van der Waals surface area contributed by atoms with E-state index in [9.17, 15) is 4.79 Å². The van der Waals surface area contributed by atoms with Crippen LogP contribution in [0, 0.1) is 0 Å². The molecular weight excluding hydrogens is 306 g/mol. The number of carbonyl (C=O) groups is 1. The SMILES string of the molecule is CC(Cc1cc2ccccc2o1)NC(=O)c1ccc2c(c1)OCO2. The summed E-state index contributed by atoms with van der Waals surface area (Å²) in [5.74, 6) is 1.99. The van der Waals surface area contributed by atoms with Gasteiger partial charge in [0.05, 0.1) is 0 Å². The summed E-state index contributed by atoms with van der Waals surface area (Å²) in [5, 5.41) is 4.06. The first-order valence-electron chi connectivity index (χ1n) is 7.87. The van der Waals surface area contributed by atoms with Crippen LogP contribution in [0.25, 0.3) is 11.0 Å². The quantitative estimate of drug-likeness (QED) is 0.798. The van der Waals surface area contributed by atoms with Crippen LogP contribution in [0.15, 0.2) is 52.9 Å². The number of hydrogen-bond acceptors (Lipinski definition) is 4. The van der Waals surface area contributed by atoms with Crippen LogP contribution < -0.4 is 14.8 Å². The molecule has 24 heavy (non-hydrogen) atoms. The standard InChI is InChI=1S/C19H17NO4/c1-12(8-15-9-13-4-2-3-5-16(13)24-15)20-19(21)14-6-7-17-18(10-14)23-11-22-17/h2-7,9-10,12H,8,11H2,1H3,(H,20,21). The monoisotopic (exact) mass is 323 g/mol. The van der Waals surface area contributed by atoms with Crippen molar-refractivity contribution in [2.45, 2.75) is 19.4 Å². The topological polar surface area (TPSA) is 60.7 Å². The van der Waals surface area contributed by atoms with Crippen molar-refractivity contribution in [1.29, 1.82) is 0 Å². The fraction of sp³-hybridized carbons (Fsp3) is 0.211. The highest BCUT2D eigenvalue weighted by molar-refractivity contribution is 5.95. The lowest BCUT2D eigenvalue weighted by Crippen LogP contribution is -2.33. The molecule has 1 atom stereocenters. The van der Waals surface area contributed by atoms with E-state index in [4.69, 9.17) is 13.9 Å². The Morgan fingerprint density at radius 3 is 2.83 bits per heavy atom. The number of para-hydroxylation sites is 1. The molecule has 1 aliphatic heterocycles. The fourth-order valence-corrected chi connectivity index (χ4v) is 2.84. The van der Waals surface area contributed by atoms with E-state index in [1.807, 2.05) is 37.3 Å². The highest BCUT2D eigenvalue weighted by Crippen LogP contribution is 2.32. The molecule has 0 bridgehead atoms. The lowest BCUT2D eigenvalue weighted by molar-refractivity contribution is 0.0939. The second-order valence-corrected chi connectivity index (χ2v) is 5.90. The second-order valence-electron chi connectivity index (χ2n) is 5.90. The third-order valence-corrected chi connectivity index (χ3v) is 4.00. The maximum absolute atomic E-state index is 12.4. The summed E-state index contributed by atoms with van der Waals surface area (Å²) in [5.41, 5.74) is 1.41. The molecule has 1 amide bonds. The van der Waals surface area contributed by atoms with Gasteiger partial charge in [0.1, 0.15) is 11.3 Å². The smallest absolute Gasteiger partial charge is 0.251 e. The average molecular weight is 323 g/mol. The summed E-state index contributed by atoms with van der Waals surface area (Å²) >= 11 is 0. The van der Waals surface area contributed by atoms with Crippen molar-refractivity contribution in [3.63, 3.8) is 0 Å². The summed E-state index contributed by atoms with van der Waals surface area (Å²) < 4.78 is 16.4. The number of nitrogens with one attached hydrogen (secondary N) is 1. The van der Waals surface area contributed by atoms with Crippen LogP contribution in [0.5, 0.6) is 11.5 Å². The van der Waals surface area contributed by atoms with E-state index in [1.165, 1.54) is 0 Å². The number of carbonyl (C=O) groups excluding carboxylic acids is 1. The number of furan rings is 1. The predicted molar refractivity (Wildman–Crippen MR) is 89.4 cm³/mol. The van der Waals surface area contributed by atoms with Gasteiger partial charge in [-0.2, -0.15) is 0 Å². The molecule has 2 heterocycles. The summed E-state index contributed by atoms with van der Waals surface area (Å²) in [6.45, 7) is 2.15. The van der Waals surface area contributed by atoms with Crippen molar-refractivity contribution in [3.8, 4) is 11.5 Å². The number of rotatable bonds is 4. The molecule has 4 rings (SSSR count). The molecule has 2 aromatic carbocycles. The van der Waals surface area contributed by atoms with Crippen LogP contribution in [0.1, 0.15) is 23.0 Å². The Labute approximate surface area is 139 Å². The molecule has 1 unspecified atom stereocenters. The molecule has 0 saturated carbocycles. The number of ether oxygens (including phenoxy) is 2. The second kappa shape index (κ2) is 5.92. The summed E-state index contributed by atoms with van der Waals surface area (Å²) in [6.07, 6.45) is 0.630. The molecule has 1 N–H and O–H groups in total. The molecule has 0 fully saturated rings. The number of hydrogen-bond donors (Lipinski definition) is 1. The highest BCUT2D eigenvalue weighted by Gasteiger charge is 2.18. The molecular formula is C19H17NO4. The van der Waals surface area contributed by atoms with Crippen molar-refractivity contribution in [1.82, 2.24) is 5.32 Å².